The predicted octanol–water partition coefficient (Wildman–Crippen LogP) is 3.94. The number of aromatic nitrogens is 1. The van der Waals surface area contributed by atoms with Crippen LogP contribution < -0.4 is 5.32 Å². The average molecular weight is 430 g/mol. The highest BCUT2D eigenvalue weighted by Crippen LogP contribution is 2.35. The number of ether oxygens (including phenoxy) is 1. The van der Waals surface area contributed by atoms with Crippen LogP contribution in [0.3, 0.4) is 0 Å². The quantitative estimate of drug-likeness (QED) is 0.749. The third-order valence-corrected chi connectivity index (χ3v) is 7.99. The van der Waals surface area contributed by atoms with Crippen LogP contribution in [0.25, 0.3) is 10.2 Å². The molecule has 1 saturated heterocycles. The molecule has 3 aliphatic rings. The number of carbonyl (C=O) groups is 2. The largest absolute Gasteiger partial charge is 0.376 e. The number of carbonyl (C=O) groups excluding carboxylic acids is 2. The van der Waals surface area contributed by atoms with Gasteiger partial charge in [0.15, 0.2) is 0 Å². The number of thiophene rings is 1. The van der Waals surface area contributed by atoms with Gasteiger partial charge in [0, 0.05) is 19.2 Å². The van der Waals surface area contributed by atoms with E-state index in [1.165, 1.54) is 12.8 Å². The maximum atomic E-state index is 13.7. The molecule has 2 amide bonds. The smallest absolute Gasteiger partial charge is 0.271 e. The Bertz CT molecular complexity index is 937. The molecule has 1 N–H and O–H groups in total. The van der Waals surface area contributed by atoms with Gasteiger partial charge in [-0.05, 0) is 50.1 Å². The molecule has 0 aromatic carbocycles. The lowest BCUT2D eigenvalue weighted by Gasteiger charge is -2.45. The van der Waals surface area contributed by atoms with Gasteiger partial charge in [-0.2, -0.15) is 0 Å². The molecular weight excluding hydrogens is 398 g/mol. The second-order valence-corrected chi connectivity index (χ2v) is 10.2. The third kappa shape index (κ3) is 3.46. The molecule has 1 saturated carbocycles. The van der Waals surface area contributed by atoms with Crippen LogP contribution in [0.1, 0.15) is 68.8 Å². The Morgan fingerprint density at radius 2 is 2.03 bits per heavy atom. The van der Waals surface area contributed by atoms with E-state index in [4.69, 9.17) is 4.74 Å². The molecule has 2 fully saturated rings. The first-order chi connectivity index (χ1) is 14.6. The maximum absolute atomic E-state index is 13.7. The minimum atomic E-state index is -0.920. The van der Waals surface area contributed by atoms with E-state index >= 15 is 0 Å². The molecule has 0 radical (unpaired) electrons. The minimum absolute atomic E-state index is 0.0154. The molecular formula is C23H31N3O3S. The lowest BCUT2D eigenvalue weighted by Crippen LogP contribution is -2.66. The SMILES string of the molecule is C[C@]1(C(=O)NC2CCCCCC2)Cn2c(cc3sccc32)C(=O)N1C[C@H]1CCCO1. The molecule has 30 heavy (non-hydrogen) atoms. The summed E-state index contributed by atoms with van der Waals surface area (Å²) in [5, 5.41) is 5.37. The van der Waals surface area contributed by atoms with Crippen LogP contribution in [-0.4, -0.2) is 52.1 Å². The summed E-state index contributed by atoms with van der Waals surface area (Å²) in [4.78, 5) is 29.1. The summed E-state index contributed by atoms with van der Waals surface area (Å²) in [7, 11) is 0. The summed E-state index contributed by atoms with van der Waals surface area (Å²) >= 11 is 1.64. The Balaban J connectivity index is 1.47. The third-order valence-electron chi connectivity index (χ3n) is 7.14. The molecule has 7 heteroatoms. The average Bonchev–Trinajstić information content (AvgIpc) is 3.42. The predicted molar refractivity (Wildman–Crippen MR) is 118 cm³/mol. The van der Waals surface area contributed by atoms with Crippen molar-refractivity contribution < 1.29 is 14.3 Å². The van der Waals surface area contributed by atoms with Crippen molar-refractivity contribution in [3.8, 4) is 0 Å². The van der Waals surface area contributed by atoms with Crippen molar-refractivity contribution in [3.05, 3.63) is 23.2 Å². The molecule has 1 aliphatic carbocycles. The van der Waals surface area contributed by atoms with Crippen LogP contribution in [0.15, 0.2) is 17.5 Å². The topological polar surface area (TPSA) is 63.6 Å². The van der Waals surface area contributed by atoms with E-state index in [1.807, 2.05) is 22.9 Å². The highest BCUT2D eigenvalue weighted by molar-refractivity contribution is 7.17. The summed E-state index contributed by atoms with van der Waals surface area (Å²) in [6, 6.07) is 4.24. The van der Waals surface area contributed by atoms with Gasteiger partial charge in [-0.15, -0.1) is 11.3 Å². The van der Waals surface area contributed by atoms with E-state index in [0.717, 1.165) is 55.3 Å². The van der Waals surface area contributed by atoms with E-state index in [2.05, 4.69) is 11.4 Å². The van der Waals surface area contributed by atoms with Crippen molar-refractivity contribution in [3.63, 3.8) is 0 Å². The molecule has 0 spiro atoms. The zero-order valence-electron chi connectivity index (χ0n) is 17.7. The Hall–Kier alpha value is -1.86. The number of nitrogens with one attached hydrogen (secondary N) is 1. The standard InChI is InChI=1S/C23H31N3O3S/c1-23(22(28)24-16-7-4-2-3-5-8-16)15-25-18-10-12-30-20(18)13-19(25)21(27)26(23)14-17-9-6-11-29-17/h10,12-13,16-17H,2-9,11,14-15H2,1H3,(H,24,28)/t17-,23-/m1/s1. The molecule has 2 aliphatic heterocycles. The molecule has 5 rings (SSSR count). The number of hydrogen-bond acceptors (Lipinski definition) is 4. The summed E-state index contributed by atoms with van der Waals surface area (Å²) < 4.78 is 8.99. The fourth-order valence-corrected chi connectivity index (χ4v) is 6.14. The lowest BCUT2D eigenvalue weighted by atomic mass is 9.93. The van der Waals surface area contributed by atoms with E-state index in [9.17, 15) is 9.59 Å². The van der Waals surface area contributed by atoms with Gasteiger partial charge in [0.1, 0.15) is 11.2 Å². The van der Waals surface area contributed by atoms with E-state index in [-0.39, 0.29) is 24.0 Å². The molecule has 6 nitrogen and oxygen atoms in total. The first-order valence-corrected chi connectivity index (χ1v) is 12.3. The van der Waals surface area contributed by atoms with Gasteiger partial charge < -0.3 is 19.5 Å². The highest BCUT2D eigenvalue weighted by Gasteiger charge is 2.49. The van der Waals surface area contributed by atoms with Gasteiger partial charge in [-0.25, -0.2) is 0 Å². The fraction of sp³-hybridized carbons (Fsp3) is 0.652. The van der Waals surface area contributed by atoms with Crippen molar-refractivity contribution in [1.82, 2.24) is 14.8 Å². The monoisotopic (exact) mass is 429 g/mol. The van der Waals surface area contributed by atoms with Crippen molar-refractivity contribution in [1.29, 1.82) is 0 Å². The summed E-state index contributed by atoms with van der Waals surface area (Å²) in [5.41, 5.74) is 0.819. The zero-order chi connectivity index (χ0) is 20.7. The van der Waals surface area contributed by atoms with Gasteiger partial charge in [-0.1, -0.05) is 25.7 Å². The number of amides is 2. The molecule has 4 heterocycles. The van der Waals surface area contributed by atoms with Crippen molar-refractivity contribution in [2.24, 2.45) is 0 Å². The first kappa shape index (κ1) is 20.1. The zero-order valence-corrected chi connectivity index (χ0v) is 18.5. The van der Waals surface area contributed by atoms with Crippen molar-refractivity contribution in [2.45, 2.75) is 82.5 Å². The molecule has 0 bridgehead atoms. The molecule has 162 valence electrons. The van der Waals surface area contributed by atoms with Crippen molar-refractivity contribution >= 4 is 33.4 Å². The Morgan fingerprint density at radius 1 is 1.23 bits per heavy atom. The van der Waals surface area contributed by atoms with Crippen LogP contribution in [0, 0.1) is 0 Å². The normalized spacial score (nSPS) is 28.0. The highest BCUT2D eigenvalue weighted by atomic mass is 32.1. The minimum Gasteiger partial charge on any atom is -0.376 e. The molecule has 0 unspecified atom stereocenters. The fourth-order valence-electron chi connectivity index (χ4n) is 5.32. The Labute approximate surface area is 181 Å². The van der Waals surface area contributed by atoms with Gasteiger partial charge in [-0.3, -0.25) is 9.59 Å². The van der Waals surface area contributed by atoms with Crippen molar-refractivity contribution in [2.75, 3.05) is 13.2 Å². The van der Waals surface area contributed by atoms with E-state index in [1.54, 1.807) is 16.2 Å². The van der Waals surface area contributed by atoms with Crippen LogP contribution in [0.5, 0.6) is 0 Å². The number of nitrogens with zero attached hydrogens (tertiary/aromatic N) is 2. The first-order valence-electron chi connectivity index (χ1n) is 11.4. The van der Waals surface area contributed by atoms with Gasteiger partial charge >= 0.3 is 0 Å². The lowest BCUT2D eigenvalue weighted by molar-refractivity contribution is -0.134. The van der Waals surface area contributed by atoms with Crippen LogP contribution >= 0.6 is 11.3 Å². The second-order valence-electron chi connectivity index (χ2n) is 9.27. The number of hydrogen-bond donors (Lipinski definition) is 1. The van der Waals surface area contributed by atoms with Gasteiger partial charge in [0.25, 0.3) is 5.91 Å². The number of fused-ring (bicyclic) bond motifs is 3. The van der Waals surface area contributed by atoms with E-state index in [0.29, 0.717) is 18.8 Å². The molecule has 2 aromatic heterocycles. The summed E-state index contributed by atoms with van der Waals surface area (Å²) in [6.45, 7) is 3.64. The van der Waals surface area contributed by atoms with Crippen LogP contribution in [0.2, 0.25) is 0 Å². The summed E-state index contributed by atoms with van der Waals surface area (Å²) in [6.07, 6.45) is 8.86. The molecule has 2 aromatic rings. The summed E-state index contributed by atoms with van der Waals surface area (Å²) in [5.74, 6) is -0.0813. The van der Waals surface area contributed by atoms with Crippen LogP contribution in [-0.2, 0) is 16.1 Å². The maximum Gasteiger partial charge on any atom is 0.271 e. The van der Waals surface area contributed by atoms with Gasteiger partial charge in [0.2, 0.25) is 5.91 Å². The van der Waals surface area contributed by atoms with E-state index < -0.39 is 5.54 Å². The van der Waals surface area contributed by atoms with Gasteiger partial charge in [0.05, 0.1) is 22.9 Å². The Morgan fingerprint density at radius 3 is 2.77 bits per heavy atom. The number of rotatable bonds is 4. The molecule has 2 atom stereocenters. The van der Waals surface area contributed by atoms with Crippen LogP contribution in [0.4, 0.5) is 0 Å². The Kier molecular flexibility index (Phi) is 5.35. The second kappa shape index (κ2) is 8.00.